The molecule has 0 aromatic rings. The molecule has 1 rings (SSSR count). The quantitative estimate of drug-likeness (QED) is 0.456. The Kier molecular flexibility index (Phi) is 4.52. The van der Waals surface area contributed by atoms with Gasteiger partial charge in [-0.3, -0.25) is 4.90 Å². The average Bonchev–Trinajstić information content (AvgIpc) is 2.21. The number of carbonyl (C=O) groups excluding carboxylic acids is 1. The van der Waals surface area contributed by atoms with Crippen LogP contribution in [0.3, 0.4) is 0 Å². The highest BCUT2D eigenvalue weighted by molar-refractivity contribution is 5.58. The molecule has 0 amide bonds. The summed E-state index contributed by atoms with van der Waals surface area (Å²) in [5, 5.41) is 0. The second kappa shape index (κ2) is 5.74. The Labute approximate surface area is 79.1 Å². The number of nitrogens with zero attached hydrogens (tertiary/aromatic N) is 1. The van der Waals surface area contributed by atoms with Crippen molar-refractivity contribution in [1.82, 2.24) is 4.90 Å². The van der Waals surface area contributed by atoms with Crippen molar-refractivity contribution in [3.05, 3.63) is 6.92 Å². The number of morpholine rings is 1. The van der Waals surface area contributed by atoms with Gasteiger partial charge in [0.15, 0.2) is 0 Å². The van der Waals surface area contributed by atoms with Crippen molar-refractivity contribution in [3.63, 3.8) is 0 Å². The van der Waals surface area contributed by atoms with Crippen LogP contribution in [-0.4, -0.2) is 43.5 Å². The minimum absolute atomic E-state index is 0.0850. The van der Waals surface area contributed by atoms with E-state index in [1.807, 2.05) is 0 Å². The first kappa shape index (κ1) is 10.2. The molecular weight excluding hydrogens is 166 g/mol. The highest BCUT2D eigenvalue weighted by atomic mass is 16.5. The molecule has 13 heavy (non-hydrogen) atoms. The molecule has 0 aliphatic carbocycles. The van der Waals surface area contributed by atoms with Crippen LogP contribution in [0.2, 0.25) is 0 Å². The fourth-order valence-electron chi connectivity index (χ4n) is 1.35. The lowest BCUT2D eigenvalue weighted by Gasteiger charge is -2.30. The van der Waals surface area contributed by atoms with Gasteiger partial charge in [-0.1, -0.05) is 0 Å². The predicted molar refractivity (Wildman–Crippen MR) is 50.0 cm³/mol. The molecule has 3 heteroatoms. The van der Waals surface area contributed by atoms with Crippen molar-refractivity contribution < 1.29 is 9.53 Å². The summed E-state index contributed by atoms with van der Waals surface area (Å²) in [5.41, 5.74) is 0. The van der Waals surface area contributed by atoms with E-state index in [9.17, 15) is 4.79 Å². The third-order valence-corrected chi connectivity index (χ3v) is 2.11. The first-order valence-corrected chi connectivity index (χ1v) is 4.40. The van der Waals surface area contributed by atoms with Crippen LogP contribution >= 0.6 is 0 Å². The normalized spacial score (nSPS) is 20.1. The molecule has 0 aromatic heterocycles. The van der Waals surface area contributed by atoms with Gasteiger partial charge in [-0.15, -0.1) is 11.8 Å². The van der Waals surface area contributed by atoms with E-state index in [2.05, 4.69) is 23.7 Å². The maximum atomic E-state index is 10.7. The second-order valence-electron chi connectivity index (χ2n) is 2.91. The molecule has 0 aromatic carbocycles. The van der Waals surface area contributed by atoms with E-state index >= 15 is 0 Å². The van der Waals surface area contributed by atoms with Gasteiger partial charge in [0, 0.05) is 26.4 Å². The number of ether oxygens (including phenoxy) is 1. The zero-order valence-electron chi connectivity index (χ0n) is 7.66. The van der Waals surface area contributed by atoms with Crippen molar-refractivity contribution in [3.8, 4) is 11.8 Å². The van der Waals surface area contributed by atoms with Crippen molar-refractivity contribution in [2.45, 2.75) is 12.5 Å². The van der Waals surface area contributed by atoms with Crippen LogP contribution in [0.4, 0.5) is 0 Å². The first-order chi connectivity index (χ1) is 6.38. The molecule has 1 unspecified atom stereocenters. The van der Waals surface area contributed by atoms with E-state index in [0.29, 0.717) is 19.6 Å². The highest BCUT2D eigenvalue weighted by Crippen LogP contribution is 2.04. The van der Waals surface area contributed by atoms with Crippen LogP contribution < -0.4 is 0 Å². The number of hydrogen-bond acceptors (Lipinski definition) is 3. The Bertz CT molecular complexity index is 211. The summed E-state index contributed by atoms with van der Waals surface area (Å²) in [4.78, 5) is 12.8. The summed E-state index contributed by atoms with van der Waals surface area (Å²) < 4.78 is 5.19. The zero-order chi connectivity index (χ0) is 9.52. The second-order valence-corrected chi connectivity index (χ2v) is 2.91. The molecule has 71 valence electrons. The molecule has 0 N–H and O–H groups in total. The zero-order valence-corrected chi connectivity index (χ0v) is 7.66. The van der Waals surface area contributed by atoms with Crippen LogP contribution in [0.15, 0.2) is 0 Å². The maximum absolute atomic E-state index is 10.7. The first-order valence-electron chi connectivity index (χ1n) is 4.40. The molecule has 1 aliphatic heterocycles. The highest BCUT2D eigenvalue weighted by Gasteiger charge is 2.18. The minimum Gasteiger partial charge on any atom is -0.379 e. The molecule has 1 heterocycles. The van der Waals surface area contributed by atoms with Gasteiger partial charge in [0.2, 0.25) is 0 Å². The van der Waals surface area contributed by atoms with E-state index < -0.39 is 0 Å². The molecule has 3 nitrogen and oxygen atoms in total. The molecule has 1 aliphatic rings. The van der Waals surface area contributed by atoms with Crippen LogP contribution in [0.25, 0.3) is 0 Å². The average molecular weight is 180 g/mol. The van der Waals surface area contributed by atoms with Gasteiger partial charge >= 0.3 is 0 Å². The molecular formula is C10H14NO2. The smallest absolute Gasteiger partial charge is 0.138 e. The molecule has 1 fully saturated rings. The Balaban J connectivity index is 2.42. The molecule has 0 saturated carbocycles. The topological polar surface area (TPSA) is 29.5 Å². The van der Waals surface area contributed by atoms with Crippen LogP contribution in [0, 0.1) is 18.8 Å². The number of aldehydes is 1. The van der Waals surface area contributed by atoms with Gasteiger partial charge in [0.1, 0.15) is 6.29 Å². The summed E-state index contributed by atoms with van der Waals surface area (Å²) in [6.45, 7) is 6.48. The van der Waals surface area contributed by atoms with Crippen molar-refractivity contribution >= 4 is 6.29 Å². The monoisotopic (exact) mass is 180 g/mol. The number of carbonyl (C=O) groups is 1. The van der Waals surface area contributed by atoms with Gasteiger partial charge in [-0.25, -0.2) is 0 Å². The minimum atomic E-state index is -0.0850. The summed E-state index contributed by atoms with van der Waals surface area (Å²) in [6, 6.07) is -0.0850. The summed E-state index contributed by atoms with van der Waals surface area (Å²) in [7, 11) is 0. The molecule has 1 atom stereocenters. The van der Waals surface area contributed by atoms with Crippen LogP contribution in [-0.2, 0) is 9.53 Å². The van der Waals surface area contributed by atoms with Gasteiger partial charge < -0.3 is 9.53 Å². The Morgan fingerprint density at radius 1 is 1.54 bits per heavy atom. The van der Waals surface area contributed by atoms with Crippen molar-refractivity contribution in [1.29, 1.82) is 0 Å². The van der Waals surface area contributed by atoms with Gasteiger partial charge in [-0.05, 0) is 0 Å². The van der Waals surface area contributed by atoms with E-state index in [0.717, 1.165) is 19.4 Å². The van der Waals surface area contributed by atoms with Gasteiger partial charge in [0.25, 0.3) is 0 Å². The fourth-order valence-corrected chi connectivity index (χ4v) is 1.35. The predicted octanol–water partition coefficient (Wildman–Crippen LogP) is 0.114. The summed E-state index contributed by atoms with van der Waals surface area (Å²) in [6.07, 6.45) is 1.53. The number of hydrogen-bond donors (Lipinski definition) is 0. The SMILES string of the molecule is [CH2]C#CCC(C=O)N1CCOCC1. The third-order valence-electron chi connectivity index (χ3n) is 2.11. The lowest BCUT2D eigenvalue weighted by atomic mass is 10.2. The molecule has 0 spiro atoms. The van der Waals surface area contributed by atoms with Crippen LogP contribution in [0.5, 0.6) is 0 Å². The summed E-state index contributed by atoms with van der Waals surface area (Å²) >= 11 is 0. The standard InChI is InChI=1S/C10H14NO2/c1-2-3-4-10(9-12)11-5-7-13-8-6-11/h9-10H,1,4-8H2. The Morgan fingerprint density at radius 3 is 2.77 bits per heavy atom. The Morgan fingerprint density at radius 2 is 2.23 bits per heavy atom. The molecule has 1 saturated heterocycles. The van der Waals surface area contributed by atoms with Crippen molar-refractivity contribution in [2.24, 2.45) is 0 Å². The lowest BCUT2D eigenvalue weighted by molar-refractivity contribution is -0.113. The van der Waals surface area contributed by atoms with E-state index in [1.54, 1.807) is 0 Å². The fraction of sp³-hybridized carbons (Fsp3) is 0.600. The number of rotatable bonds is 3. The lowest BCUT2D eigenvalue weighted by Crippen LogP contribution is -2.44. The maximum Gasteiger partial charge on any atom is 0.138 e. The van der Waals surface area contributed by atoms with Crippen LogP contribution in [0.1, 0.15) is 6.42 Å². The third kappa shape index (κ3) is 3.17. The van der Waals surface area contributed by atoms with E-state index in [-0.39, 0.29) is 6.04 Å². The summed E-state index contributed by atoms with van der Waals surface area (Å²) in [5.74, 6) is 5.38. The molecule has 1 radical (unpaired) electrons. The largest absolute Gasteiger partial charge is 0.379 e. The molecule has 0 bridgehead atoms. The van der Waals surface area contributed by atoms with E-state index in [4.69, 9.17) is 4.74 Å². The van der Waals surface area contributed by atoms with E-state index in [1.165, 1.54) is 0 Å². The van der Waals surface area contributed by atoms with Gasteiger partial charge in [0.05, 0.1) is 19.3 Å². The van der Waals surface area contributed by atoms with Gasteiger partial charge in [-0.2, -0.15) is 0 Å². The Hall–Kier alpha value is -0.850. The van der Waals surface area contributed by atoms with Crippen molar-refractivity contribution in [2.75, 3.05) is 26.3 Å².